The van der Waals surface area contributed by atoms with Gasteiger partial charge < -0.3 is 14.6 Å². The highest BCUT2D eigenvalue weighted by molar-refractivity contribution is 5.84. The number of carbonyl (C=O) groups excluding carboxylic acids is 1. The monoisotopic (exact) mass is 416 g/mol. The fourth-order valence-electron chi connectivity index (χ4n) is 4.94. The molecule has 160 valence electrons. The predicted molar refractivity (Wildman–Crippen MR) is 119 cm³/mol. The van der Waals surface area contributed by atoms with Gasteiger partial charge in [-0.1, -0.05) is 42.5 Å². The first kappa shape index (κ1) is 19.8. The lowest BCUT2D eigenvalue weighted by molar-refractivity contribution is -0.139. The minimum Gasteiger partial charge on any atom is -0.497 e. The summed E-state index contributed by atoms with van der Waals surface area (Å²) in [6.07, 6.45) is 4.81. The predicted octanol–water partition coefficient (Wildman–Crippen LogP) is 3.73. The molecular formula is C25H28N4O2. The number of fused-ring (bicyclic) bond motifs is 1. The molecule has 3 heterocycles. The van der Waals surface area contributed by atoms with E-state index in [1.54, 1.807) is 13.4 Å². The second-order valence-electron chi connectivity index (χ2n) is 8.28. The normalized spacial score (nSPS) is 19.8. The summed E-state index contributed by atoms with van der Waals surface area (Å²) in [4.78, 5) is 26.4. The van der Waals surface area contributed by atoms with Crippen molar-refractivity contribution in [1.29, 1.82) is 0 Å². The zero-order valence-electron chi connectivity index (χ0n) is 17.8. The van der Waals surface area contributed by atoms with Crippen molar-refractivity contribution in [3.63, 3.8) is 0 Å². The fourth-order valence-corrected chi connectivity index (χ4v) is 4.94. The van der Waals surface area contributed by atoms with Crippen molar-refractivity contribution < 1.29 is 9.53 Å². The smallest absolute Gasteiger partial charge is 0.245 e. The van der Waals surface area contributed by atoms with Crippen molar-refractivity contribution in [2.75, 3.05) is 26.7 Å². The largest absolute Gasteiger partial charge is 0.497 e. The molecule has 0 radical (unpaired) electrons. The van der Waals surface area contributed by atoms with Gasteiger partial charge in [-0.15, -0.1) is 0 Å². The SMILES string of the molecule is COc1ccc([C@H]2c3nc[nH]c3CCN2C(=O)[C@H](c2ccccc2)N2CCCC2)cc1. The molecule has 0 bridgehead atoms. The summed E-state index contributed by atoms with van der Waals surface area (Å²) in [5.74, 6) is 0.960. The molecule has 3 aromatic rings. The van der Waals surface area contributed by atoms with Gasteiger partial charge in [-0.2, -0.15) is 0 Å². The zero-order chi connectivity index (χ0) is 21.2. The molecule has 0 aliphatic carbocycles. The first-order valence-corrected chi connectivity index (χ1v) is 11.0. The Labute approximate surface area is 182 Å². The second kappa shape index (κ2) is 8.55. The molecule has 0 saturated carbocycles. The number of amides is 1. The molecule has 6 nitrogen and oxygen atoms in total. The van der Waals surface area contributed by atoms with E-state index in [2.05, 4.69) is 27.0 Å². The van der Waals surface area contributed by atoms with Crippen LogP contribution < -0.4 is 4.74 Å². The maximum Gasteiger partial charge on any atom is 0.245 e. The average Bonchev–Trinajstić information content (AvgIpc) is 3.52. The number of nitrogens with one attached hydrogen (secondary N) is 1. The number of nitrogens with zero attached hydrogens (tertiary/aromatic N) is 3. The molecule has 1 saturated heterocycles. The Hall–Kier alpha value is -3.12. The quantitative estimate of drug-likeness (QED) is 0.689. The lowest BCUT2D eigenvalue weighted by atomic mass is 9.93. The highest BCUT2D eigenvalue weighted by atomic mass is 16.5. The van der Waals surface area contributed by atoms with Gasteiger partial charge in [0.1, 0.15) is 17.8 Å². The Bertz CT molecular complexity index is 1030. The van der Waals surface area contributed by atoms with Gasteiger partial charge in [-0.05, 0) is 49.2 Å². The number of hydrogen-bond donors (Lipinski definition) is 1. The molecule has 2 aliphatic rings. The van der Waals surface area contributed by atoms with Gasteiger partial charge in [0.15, 0.2) is 0 Å². The molecule has 5 rings (SSSR count). The molecule has 31 heavy (non-hydrogen) atoms. The van der Waals surface area contributed by atoms with Crippen LogP contribution in [-0.2, 0) is 11.2 Å². The van der Waals surface area contributed by atoms with Crippen LogP contribution in [0.1, 0.15) is 47.4 Å². The molecule has 1 fully saturated rings. The van der Waals surface area contributed by atoms with Crippen molar-refractivity contribution in [3.8, 4) is 5.75 Å². The third-order valence-corrected chi connectivity index (χ3v) is 6.49. The molecule has 2 atom stereocenters. The lowest BCUT2D eigenvalue weighted by Crippen LogP contribution is -2.47. The van der Waals surface area contributed by atoms with Gasteiger partial charge in [-0.25, -0.2) is 4.98 Å². The summed E-state index contributed by atoms with van der Waals surface area (Å²) < 4.78 is 5.34. The van der Waals surface area contributed by atoms with Crippen molar-refractivity contribution in [3.05, 3.63) is 83.4 Å². The number of carbonyl (C=O) groups is 1. The van der Waals surface area contributed by atoms with E-state index in [-0.39, 0.29) is 18.0 Å². The standard InChI is InChI=1S/C25H28N4O2/c1-31-20-11-9-19(10-12-20)23-22-21(26-17-27-22)13-16-29(23)25(30)24(28-14-5-6-15-28)18-7-3-2-4-8-18/h2-4,7-12,17,23-24H,5-6,13-16H2,1H3,(H,26,27)/t23-,24-/m0/s1. The molecule has 0 spiro atoms. The summed E-state index contributed by atoms with van der Waals surface area (Å²) in [6, 6.07) is 17.7. The van der Waals surface area contributed by atoms with Crippen LogP contribution in [0.2, 0.25) is 0 Å². The summed E-state index contributed by atoms with van der Waals surface area (Å²) in [5.41, 5.74) is 4.17. The maximum atomic E-state index is 14.1. The topological polar surface area (TPSA) is 61.5 Å². The minimum absolute atomic E-state index is 0.155. The lowest BCUT2D eigenvalue weighted by Gasteiger charge is -2.39. The second-order valence-corrected chi connectivity index (χ2v) is 8.28. The van der Waals surface area contributed by atoms with Crippen LogP contribution in [0.5, 0.6) is 5.75 Å². The number of rotatable bonds is 5. The van der Waals surface area contributed by atoms with Crippen molar-refractivity contribution in [1.82, 2.24) is 19.8 Å². The Morgan fingerprint density at radius 1 is 1.06 bits per heavy atom. The van der Waals surface area contributed by atoms with Gasteiger partial charge in [-0.3, -0.25) is 9.69 Å². The van der Waals surface area contributed by atoms with E-state index >= 15 is 0 Å². The highest BCUT2D eigenvalue weighted by Crippen LogP contribution is 2.37. The average molecular weight is 417 g/mol. The van der Waals surface area contributed by atoms with Crippen LogP contribution in [0.3, 0.4) is 0 Å². The van der Waals surface area contributed by atoms with Gasteiger partial charge in [0.25, 0.3) is 0 Å². The number of hydrogen-bond acceptors (Lipinski definition) is 4. The van der Waals surface area contributed by atoms with Gasteiger partial charge in [0.05, 0.1) is 19.1 Å². The van der Waals surface area contributed by atoms with Gasteiger partial charge in [0, 0.05) is 18.7 Å². The van der Waals surface area contributed by atoms with Crippen LogP contribution >= 0.6 is 0 Å². The van der Waals surface area contributed by atoms with E-state index in [0.29, 0.717) is 6.54 Å². The molecule has 2 aromatic carbocycles. The first-order valence-electron chi connectivity index (χ1n) is 11.0. The number of aromatic nitrogens is 2. The number of methoxy groups -OCH3 is 1. The third-order valence-electron chi connectivity index (χ3n) is 6.49. The number of H-pyrrole nitrogens is 1. The number of imidazole rings is 1. The van der Waals surface area contributed by atoms with Crippen LogP contribution in [0.25, 0.3) is 0 Å². The molecule has 2 aliphatic heterocycles. The van der Waals surface area contributed by atoms with E-state index in [0.717, 1.165) is 60.6 Å². The van der Waals surface area contributed by atoms with E-state index in [4.69, 9.17) is 4.74 Å². The van der Waals surface area contributed by atoms with E-state index < -0.39 is 0 Å². The van der Waals surface area contributed by atoms with E-state index in [9.17, 15) is 4.79 Å². The summed E-state index contributed by atoms with van der Waals surface area (Å²) in [6.45, 7) is 2.59. The highest BCUT2D eigenvalue weighted by Gasteiger charge is 2.39. The van der Waals surface area contributed by atoms with E-state index in [1.807, 2.05) is 47.4 Å². The molecule has 1 N–H and O–H groups in total. The summed E-state index contributed by atoms with van der Waals surface area (Å²) >= 11 is 0. The molecule has 1 aromatic heterocycles. The Morgan fingerprint density at radius 3 is 2.52 bits per heavy atom. The first-order chi connectivity index (χ1) is 15.3. The summed E-state index contributed by atoms with van der Waals surface area (Å²) in [7, 11) is 1.66. The minimum atomic E-state index is -0.259. The van der Waals surface area contributed by atoms with Crippen LogP contribution in [0, 0.1) is 0 Å². The Kier molecular flexibility index (Phi) is 5.47. The molecule has 0 unspecified atom stereocenters. The fraction of sp³-hybridized carbons (Fsp3) is 0.360. The van der Waals surface area contributed by atoms with Crippen LogP contribution in [-0.4, -0.2) is 52.4 Å². The third kappa shape index (κ3) is 3.72. The molecule has 1 amide bonds. The van der Waals surface area contributed by atoms with Crippen LogP contribution in [0.15, 0.2) is 60.9 Å². The Morgan fingerprint density at radius 2 is 1.81 bits per heavy atom. The number of aromatic amines is 1. The van der Waals surface area contributed by atoms with Gasteiger partial charge >= 0.3 is 0 Å². The van der Waals surface area contributed by atoms with Crippen LogP contribution in [0.4, 0.5) is 0 Å². The van der Waals surface area contributed by atoms with Crippen molar-refractivity contribution in [2.45, 2.75) is 31.3 Å². The van der Waals surface area contributed by atoms with Crippen molar-refractivity contribution in [2.24, 2.45) is 0 Å². The van der Waals surface area contributed by atoms with Gasteiger partial charge in [0.2, 0.25) is 5.91 Å². The number of benzene rings is 2. The number of likely N-dealkylation sites (tertiary alicyclic amines) is 1. The molecule has 6 heteroatoms. The van der Waals surface area contributed by atoms with Crippen molar-refractivity contribution >= 4 is 5.91 Å². The zero-order valence-corrected chi connectivity index (χ0v) is 17.8. The summed E-state index contributed by atoms with van der Waals surface area (Å²) in [5, 5.41) is 0. The maximum absolute atomic E-state index is 14.1. The number of ether oxygens (including phenoxy) is 1. The molecular weight excluding hydrogens is 388 g/mol. The van der Waals surface area contributed by atoms with E-state index in [1.165, 1.54) is 0 Å². The Balaban J connectivity index is 1.54.